The van der Waals surface area contributed by atoms with Crippen LogP contribution in [0.1, 0.15) is 48.9 Å². The zero-order valence-electron chi connectivity index (χ0n) is 16.1. The summed E-state index contributed by atoms with van der Waals surface area (Å²) in [6.45, 7) is 4.74. The Bertz CT molecular complexity index is 977. The number of nitrogens with one attached hydrogen (secondary N) is 1. The number of hydrogen-bond donors (Lipinski definition) is 1. The number of benzene rings is 2. The van der Waals surface area contributed by atoms with Crippen molar-refractivity contribution in [1.82, 2.24) is 14.9 Å². The topological polar surface area (TPSA) is 64.0 Å². The lowest BCUT2D eigenvalue weighted by Gasteiger charge is -2.13. The van der Waals surface area contributed by atoms with Crippen LogP contribution in [0.5, 0.6) is 0 Å². The van der Waals surface area contributed by atoms with E-state index < -0.39 is 0 Å². The first-order chi connectivity index (χ1) is 13.5. The average Bonchev–Trinajstić information content (AvgIpc) is 3.05. The quantitative estimate of drug-likeness (QED) is 0.565. The number of halogens is 1. The normalized spacial score (nSPS) is 11.1. The Balaban J connectivity index is 1.52. The number of carbonyl (C=O) groups excluding carboxylic acids is 2. The Morgan fingerprint density at radius 1 is 1.07 bits per heavy atom. The molecule has 0 aliphatic rings. The molecule has 3 rings (SSSR count). The zero-order valence-corrected chi connectivity index (χ0v) is 16.9. The molecule has 1 N–H and O–H groups in total. The van der Waals surface area contributed by atoms with Crippen LogP contribution in [0.3, 0.4) is 0 Å². The first-order valence-electron chi connectivity index (χ1n) is 9.47. The Morgan fingerprint density at radius 2 is 1.79 bits per heavy atom. The lowest BCUT2D eigenvalue weighted by atomic mass is 10.1. The first-order valence-corrected chi connectivity index (χ1v) is 9.85. The summed E-state index contributed by atoms with van der Waals surface area (Å²) in [6, 6.07) is 15.0. The molecule has 0 saturated heterocycles. The molecule has 0 aliphatic carbocycles. The average molecular weight is 398 g/mol. The Labute approximate surface area is 169 Å². The summed E-state index contributed by atoms with van der Waals surface area (Å²) in [7, 11) is 0. The number of rotatable bonds is 8. The number of amides is 1. The van der Waals surface area contributed by atoms with E-state index in [1.807, 2.05) is 18.2 Å². The fourth-order valence-electron chi connectivity index (χ4n) is 3.26. The number of fused-ring (bicyclic) bond motifs is 1. The Kier molecular flexibility index (Phi) is 6.47. The third-order valence-electron chi connectivity index (χ3n) is 4.60. The van der Waals surface area contributed by atoms with Gasteiger partial charge in [-0.2, -0.15) is 0 Å². The second-order valence-electron chi connectivity index (χ2n) is 7.01. The summed E-state index contributed by atoms with van der Waals surface area (Å²) >= 11 is 5.83. The fraction of sp³-hybridized carbons (Fsp3) is 0.318. The van der Waals surface area contributed by atoms with Gasteiger partial charge in [-0.25, -0.2) is 4.98 Å². The van der Waals surface area contributed by atoms with Crippen LogP contribution >= 0.6 is 11.6 Å². The SMILES string of the molecule is CC(C)n1c(CCNC(=O)CCC(=O)c2ccc(Cl)cc2)nc2ccccc21. The molecule has 1 heterocycles. The number of nitrogens with zero attached hydrogens (tertiary/aromatic N) is 2. The lowest BCUT2D eigenvalue weighted by Crippen LogP contribution is -2.27. The van der Waals surface area contributed by atoms with E-state index in [0.29, 0.717) is 23.6 Å². The maximum Gasteiger partial charge on any atom is 0.220 e. The van der Waals surface area contributed by atoms with E-state index in [1.165, 1.54) is 0 Å². The van der Waals surface area contributed by atoms with Gasteiger partial charge < -0.3 is 9.88 Å². The third kappa shape index (κ3) is 4.78. The molecule has 1 amide bonds. The van der Waals surface area contributed by atoms with Gasteiger partial charge in [0.2, 0.25) is 5.91 Å². The zero-order chi connectivity index (χ0) is 20.1. The second-order valence-corrected chi connectivity index (χ2v) is 7.45. The van der Waals surface area contributed by atoms with E-state index in [-0.39, 0.29) is 30.6 Å². The van der Waals surface area contributed by atoms with Gasteiger partial charge in [-0.05, 0) is 50.2 Å². The molecule has 0 atom stereocenters. The molecule has 2 aromatic carbocycles. The molecule has 0 spiro atoms. The minimum atomic E-state index is -0.130. The molecule has 5 nitrogen and oxygen atoms in total. The van der Waals surface area contributed by atoms with Crippen molar-refractivity contribution in [3.8, 4) is 0 Å². The molecule has 0 fully saturated rings. The standard InChI is InChI=1S/C22H24ClN3O2/c1-15(2)26-19-6-4-3-5-18(19)25-21(26)13-14-24-22(28)12-11-20(27)16-7-9-17(23)10-8-16/h3-10,15H,11-14H2,1-2H3,(H,24,28). The predicted molar refractivity (Wildman–Crippen MR) is 112 cm³/mol. The van der Waals surface area contributed by atoms with Gasteiger partial charge in [0.25, 0.3) is 0 Å². The van der Waals surface area contributed by atoms with Crippen LogP contribution in [0.15, 0.2) is 48.5 Å². The highest BCUT2D eigenvalue weighted by Gasteiger charge is 2.13. The van der Waals surface area contributed by atoms with Crippen molar-refractivity contribution in [2.45, 2.75) is 39.2 Å². The number of ketones is 1. The first kappa shape index (κ1) is 20.1. The van der Waals surface area contributed by atoms with Gasteiger partial charge in [0.05, 0.1) is 11.0 Å². The maximum atomic E-state index is 12.1. The molecule has 0 saturated carbocycles. The van der Waals surface area contributed by atoms with Crippen LogP contribution in [-0.4, -0.2) is 27.8 Å². The fourth-order valence-corrected chi connectivity index (χ4v) is 3.38. The second kappa shape index (κ2) is 9.02. The van der Waals surface area contributed by atoms with E-state index in [0.717, 1.165) is 16.9 Å². The molecule has 1 aromatic heterocycles. The minimum absolute atomic E-state index is 0.0617. The van der Waals surface area contributed by atoms with E-state index in [9.17, 15) is 9.59 Å². The van der Waals surface area contributed by atoms with Gasteiger partial charge >= 0.3 is 0 Å². The van der Waals surface area contributed by atoms with E-state index >= 15 is 0 Å². The van der Waals surface area contributed by atoms with Crippen molar-refractivity contribution < 1.29 is 9.59 Å². The van der Waals surface area contributed by atoms with Gasteiger partial charge in [0, 0.05) is 42.4 Å². The van der Waals surface area contributed by atoms with E-state index in [1.54, 1.807) is 24.3 Å². The summed E-state index contributed by atoms with van der Waals surface area (Å²) in [5.41, 5.74) is 2.64. The van der Waals surface area contributed by atoms with Crippen molar-refractivity contribution in [1.29, 1.82) is 0 Å². The number of aromatic nitrogens is 2. The van der Waals surface area contributed by atoms with Crippen LogP contribution < -0.4 is 5.32 Å². The smallest absolute Gasteiger partial charge is 0.220 e. The van der Waals surface area contributed by atoms with Crippen molar-refractivity contribution >= 4 is 34.3 Å². The van der Waals surface area contributed by atoms with Gasteiger partial charge in [-0.3, -0.25) is 9.59 Å². The molecule has 0 unspecified atom stereocenters. The molecule has 0 radical (unpaired) electrons. The van der Waals surface area contributed by atoms with Crippen molar-refractivity contribution in [2.24, 2.45) is 0 Å². The highest BCUT2D eigenvalue weighted by Crippen LogP contribution is 2.21. The third-order valence-corrected chi connectivity index (χ3v) is 4.85. The molecule has 28 heavy (non-hydrogen) atoms. The minimum Gasteiger partial charge on any atom is -0.356 e. The molecular formula is C22H24ClN3O2. The lowest BCUT2D eigenvalue weighted by molar-refractivity contribution is -0.121. The van der Waals surface area contributed by atoms with Crippen LogP contribution in [-0.2, 0) is 11.2 Å². The molecule has 146 valence electrons. The summed E-state index contributed by atoms with van der Waals surface area (Å²) in [5.74, 6) is 0.761. The summed E-state index contributed by atoms with van der Waals surface area (Å²) < 4.78 is 2.20. The van der Waals surface area contributed by atoms with E-state index in [2.05, 4.69) is 29.8 Å². The van der Waals surface area contributed by atoms with E-state index in [4.69, 9.17) is 16.6 Å². The summed E-state index contributed by atoms with van der Waals surface area (Å²) in [5, 5.41) is 3.48. The monoisotopic (exact) mass is 397 g/mol. The number of imidazole rings is 1. The van der Waals surface area contributed by atoms with Crippen molar-refractivity contribution in [2.75, 3.05) is 6.54 Å². The van der Waals surface area contributed by atoms with Crippen LogP contribution in [0.4, 0.5) is 0 Å². The number of para-hydroxylation sites is 2. The highest BCUT2D eigenvalue weighted by molar-refractivity contribution is 6.30. The van der Waals surface area contributed by atoms with Gasteiger partial charge in [-0.1, -0.05) is 23.7 Å². The van der Waals surface area contributed by atoms with Crippen LogP contribution in [0, 0.1) is 0 Å². The number of hydrogen-bond acceptors (Lipinski definition) is 3. The Hall–Kier alpha value is -2.66. The highest BCUT2D eigenvalue weighted by atomic mass is 35.5. The van der Waals surface area contributed by atoms with Crippen LogP contribution in [0.25, 0.3) is 11.0 Å². The largest absolute Gasteiger partial charge is 0.356 e. The summed E-state index contributed by atoms with van der Waals surface area (Å²) in [6.07, 6.45) is 0.990. The van der Waals surface area contributed by atoms with Crippen molar-refractivity contribution in [3.05, 3.63) is 64.9 Å². The number of Topliss-reactive ketones (excluding diaryl/α,β-unsaturated/α-hetero) is 1. The Morgan fingerprint density at radius 3 is 2.50 bits per heavy atom. The van der Waals surface area contributed by atoms with Gasteiger partial charge in [-0.15, -0.1) is 0 Å². The molecule has 0 bridgehead atoms. The van der Waals surface area contributed by atoms with Gasteiger partial charge in [0.15, 0.2) is 5.78 Å². The maximum absolute atomic E-state index is 12.1. The van der Waals surface area contributed by atoms with Crippen molar-refractivity contribution in [3.63, 3.8) is 0 Å². The van der Waals surface area contributed by atoms with Gasteiger partial charge in [0.1, 0.15) is 5.82 Å². The molecule has 3 aromatic rings. The summed E-state index contributed by atoms with van der Waals surface area (Å²) in [4.78, 5) is 28.9. The molecular weight excluding hydrogens is 374 g/mol. The van der Waals surface area contributed by atoms with Crippen LogP contribution in [0.2, 0.25) is 5.02 Å². The predicted octanol–water partition coefficient (Wildman–Crippen LogP) is 4.59. The molecule has 0 aliphatic heterocycles. The molecule has 6 heteroatoms. The number of carbonyl (C=O) groups is 2.